The van der Waals surface area contributed by atoms with E-state index in [1.165, 1.54) is 14.2 Å². The summed E-state index contributed by atoms with van der Waals surface area (Å²) in [7, 11) is 6.39. The van der Waals surface area contributed by atoms with E-state index in [9.17, 15) is 29.1 Å². The molecule has 50 heavy (non-hydrogen) atoms. The number of carbonyl (C=O) groups is 5. The van der Waals surface area contributed by atoms with E-state index in [0.29, 0.717) is 12.8 Å². The molecule has 0 aromatic heterocycles. The van der Waals surface area contributed by atoms with Crippen molar-refractivity contribution in [3.05, 3.63) is 35.9 Å². The number of carboxylic acids is 1. The minimum absolute atomic E-state index is 0.0132. The molecule has 0 saturated carbocycles. The molecule has 1 fully saturated rings. The van der Waals surface area contributed by atoms with E-state index in [2.05, 4.69) is 16.0 Å². The molecule has 9 atom stereocenters. The van der Waals surface area contributed by atoms with Crippen LogP contribution < -0.4 is 16.0 Å². The van der Waals surface area contributed by atoms with Gasteiger partial charge in [0, 0.05) is 33.7 Å². The van der Waals surface area contributed by atoms with E-state index in [-0.39, 0.29) is 55.0 Å². The Morgan fingerprint density at radius 2 is 1.64 bits per heavy atom. The summed E-state index contributed by atoms with van der Waals surface area (Å²) in [6, 6.07) is 6.50. The molecular weight excluding hydrogens is 642 g/mol. The molecule has 13 heteroatoms. The van der Waals surface area contributed by atoms with Crippen LogP contribution in [0.1, 0.15) is 72.8 Å². The number of aliphatic carboxylic acids is 1. The fourth-order valence-corrected chi connectivity index (χ4v) is 7.16. The predicted molar refractivity (Wildman–Crippen MR) is 191 cm³/mol. The molecule has 0 bridgehead atoms. The van der Waals surface area contributed by atoms with E-state index in [1.807, 2.05) is 65.0 Å². The van der Waals surface area contributed by atoms with Gasteiger partial charge in [0.2, 0.25) is 23.6 Å². The highest BCUT2D eigenvalue weighted by Crippen LogP contribution is 2.32. The fraction of sp³-hybridized carbons (Fsp3) is 0.703. The second kappa shape index (κ2) is 20.3. The van der Waals surface area contributed by atoms with Crippen molar-refractivity contribution in [1.29, 1.82) is 0 Å². The van der Waals surface area contributed by atoms with Crippen LogP contribution in [-0.2, 0) is 39.9 Å². The van der Waals surface area contributed by atoms with Crippen molar-refractivity contribution >= 4 is 29.6 Å². The predicted octanol–water partition coefficient (Wildman–Crippen LogP) is 2.47. The molecule has 0 aliphatic carbocycles. The Morgan fingerprint density at radius 1 is 1.00 bits per heavy atom. The highest BCUT2D eigenvalue weighted by Gasteiger charge is 2.45. The monoisotopic (exact) mass is 703 g/mol. The summed E-state index contributed by atoms with van der Waals surface area (Å²) in [5.41, 5.74) is 0.784. The normalized spacial score (nSPS) is 20.3. The number of nitrogens with one attached hydrogen (secondary N) is 3. The third kappa shape index (κ3) is 11.2. The van der Waals surface area contributed by atoms with E-state index in [0.717, 1.165) is 12.0 Å². The maximum atomic E-state index is 14.2. The van der Waals surface area contributed by atoms with Crippen LogP contribution >= 0.6 is 0 Å². The van der Waals surface area contributed by atoms with Crippen molar-refractivity contribution in [3.8, 4) is 0 Å². The number of likely N-dealkylation sites (tertiary alicyclic amines) is 1. The van der Waals surface area contributed by atoms with Gasteiger partial charge in [-0.15, -0.1) is 0 Å². The Labute approximate surface area is 298 Å². The largest absolute Gasteiger partial charge is 0.480 e. The molecule has 1 aromatic carbocycles. The van der Waals surface area contributed by atoms with Gasteiger partial charge < -0.3 is 40.3 Å². The van der Waals surface area contributed by atoms with Crippen molar-refractivity contribution < 1.29 is 38.6 Å². The highest BCUT2D eigenvalue weighted by atomic mass is 16.5. The van der Waals surface area contributed by atoms with E-state index >= 15 is 0 Å². The lowest BCUT2D eigenvalue weighted by Gasteiger charge is -2.40. The summed E-state index contributed by atoms with van der Waals surface area (Å²) < 4.78 is 11.8. The molecule has 13 nitrogen and oxygen atoms in total. The number of benzene rings is 1. The zero-order chi connectivity index (χ0) is 37.7. The van der Waals surface area contributed by atoms with Crippen molar-refractivity contribution in [3.63, 3.8) is 0 Å². The third-order valence-electron chi connectivity index (χ3n) is 10.3. The Morgan fingerprint density at radius 3 is 2.16 bits per heavy atom. The van der Waals surface area contributed by atoms with Crippen LogP contribution in [-0.4, -0.2) is 122 Å². The zero-order valence-electron chi connectivity index (χ0n) is 31.6. The molecule has 282 valence electrons. The number of amides is 4. The fourth-order valence-electron chi connectivity index (χ4n) is 7.16. The number of hydrogen-bond acceptors (Lipinski definition) is 8. The lowest BCUT2D eigenvalue weighted by Crippen LogP contribution is -2.56. The van der Waals surface area contributed by atoms with Gasteiger partial charge in [-0.3, -0.25) is 19.2 Å². The summed E-state index contributed by atoms with van der Waals surface area (Å²) in [4.78, 5) is 69.1. The number of carbonyl (C=O) groups excluding carboxylic acids is 4. The van der Waals surface area contributed by atoms with E-state index in [1.54, 1.807) is 30.8 Å². The Bertz CT molecular complexity index is 1260. The molecule has 1 aromatic rings. The van der Waals surface area contributed by atoms with Gasteiger partial charge in [-0.2, -0.15) is 0 Å². The van der Waals surface area contributed by atoms with Gasteiger partial charge in [-0.1, -0.05) is 71.4 Å². The Balaban J connectivity index is 2.22. The summed E-state index contributed by atoms with van der Waals surface area (Å²) in [5.74, 6) is -3.11. The van der Waals surface area contributed by atoms with Crippen molar-refractivity contribution in [2.75, 3.05) is 34.9 Å². The Hall–Kier alpha value is -3.55. The number of likely N-dealkylation sites (N-methyl/N-ethyl adjacent to an activating group) is 2. The van der Waals surface area contributed by atoms with Gasteiger partial charge in [0.1, 0.15) is 6.04 Å². The molecule has 1 aliphatic rings. The first-order valence-electron chi connectivity index (χ1n) is 17.8. The van der Waals surface area contributed by atoms with Gasteiger partial charge >= 0.3 is 5.97 Å². The molecule has 4 N–H and O–H groups in total. The average molecular weight is 704 g/mol. The topological polar surface area (TPSA) is 167 Å². The summed E-state index contributed by atoms with van der Waals surface area (Å²) >= 11 is 0. The zero-order valence-corrected chi connectivity index (χ0v) is 31.6. The molecule has 0 spiro atoms. The number of carboxylic acid groups (broad SMARTS) is 1. The number of ether oxygens (including phenoxy) is 2. The number of nitrogens with zero attached hydrogens (tertiary/aromatic N) is 2. The quantitative estimate of drug-likeness (QED) is 0.160. The smallest absolute Gasteiger partial charge is 0.326 e. The van der Waals surface area contributed by atoms with Gasteiger partial charge in [0.05, 0.1) is 49.2 Å². The summed E-state index contributed by atoms with van der Waals surface area (Å²) in [5, 5.41) is 18.3. The second-order valence-electron chi connectivity index (χ2n) is 14.0. The molecule has 0 radical (unpaired) electrons. The SMILES string of the molecule is CC[C@H](C)[C@@H]([C@@H](CC(=O)N1C([C@H](OC)[C@@H](C)C(=O)N[C@@H](Cc2ccccc2)C(=O)O)CC[C@@H]1C)OC)N(C)C(=O)CNC(=O)[C@@H](NC)C(C)C. The standard InChI is InChI=1S/C37H61N5O8/c1-11-23(4)33(41(8)31(44)21-39-36(46)32(38-7)22(2)3)29(49-9)20-30(43)42-24(5)17-18-28(42)34(50-10)25(6)35(45)40-27(37(47)48)19-26-15-13-12-14-16-26/h12-16,22-25,27-29,32-34,38H,11,17-21H2,1-10H3,(H,39,46)(H,40,45)(H,47,48)/t23-,24-,25+,27-,28?,29+,32-,33-,34+/m0/s1. The molecule has 4 amide bonds. The third-order valence-corrected chi connectivity index (χ3v) is 10.3. The maximum absolute atomic E-state index is 14.2. The molecule has 1 aliphatic heterocycles. The molecule has 2 rings (SSSR count). The van der Waals surface area contributed by atoms with Gasteiger partial charge in [0.25, 0.3) is 0 Å². The molecule has 1 unspecified atom stereocenters. The average Bonchev–Trinajstić information content (AvgIpc) is 3.47. The molecular formula is C37H61N5O8. The van der Waals surface area contributed by atoms with Crippen molar-refractivity contribution in [2.24, 2.45) is 17.8 Å². The first-order chi connectivity index (χ1) is 23.6. The lowest BCUT2D eigenvalue weighted by atomic mass is 9.90. The Kier molecular flexibility index (Phi) is 17.3. The summed E-state index contributed by atoms with van der Waals surface area (Å²) in [6.07, 6.45) is 0.801. The van der Waals surface area contributed by atoms with Crippen LogP contribution in [0.4, 0.5) is 0 Å². The first kappa shape index (κ1) is 42.6. The lowest BCUT2D eigenvalue weighted by molar-refractivity contribution is -0.148. The van der Waals surface area contributed by atoms with Gasteiger partial charge in [-0.25, -0.2) is 4.79 Å². The van der Waals surface area contributed by atoms with Crippen molar-refractivity contribution in [1.82, 2.24) is 25.8 Å². The van der Waals surface area contributed by atoms with Gasteiger partial charge in [-0.05, 0) is 44.2 Å². The van der Waals surface area contributed by atoms with E-state index < -0.39 is 54.2 Å². The van der Waals surface area contributed by atoms with Crippen LogP contribution in [0.25, 0.3) is 0 Å². The van der Waals surface area contributed by atoms with Gasteiger partial charge in [0.15, 0.2) is 0 Å². The maximum Gasteiger partial charge on any atom is 0.326 e. The van der Waals surface area contributed by atoms with E-state index in [4.69, 9.17) is 9.47 Å². The number of hydrogen-bond donors (Lipinski definition) is 4. The number of rotatable bonds is 20. The minimum Gasteiger partial charge on any atom is -0.480 e. The molecule has 1 saturated heterocycles. The first-order valence-corrected chi connectivity index (χ1v) is 17.8. The van der Waals surface area contributed by atoms with Crippen LogP contribution in [0.15, 0.2) is 30.3 Å². The number of methoxy groups -OCH3 is 2. The summed E-state index contributed by atoms with van der Waals surface area (Å²) in [6.45, 7) is 11.3. The van der Waals surface area contributed by atoms with Crippen LogP contribution in [0, 0.1) is 17.8 Å². The van der Waals surface area contributed by atoms with Crippen molar-refractivity contribution in [2.45, 2.75) is 116 Å². The van der Waals surface area contributed by atoms with Crippen LogP contribution in [0.5, 0.6) is 0 Å². The van der Waals surface area contributed by atoms with Crippen LogP contribution in [0.2, 0.25) is 0 Å². The minimum atomic E-state index is -1.14. The highest BCUT2D eigenvalue weighted by molar-refractivity contribution is 5.88. The molecule has 1 heterocycles. The van der Waals surface area contributed by atoms with Crippen LogP contribution in [0.3, 0.4) is 0 Å². The second-order valence-corrected chi connectivity index (χ2v) is 14.0.